The number of likely N-dealkylation sites (N-methyl/N-ethyl adjacent to an activating group) is 1. The Labute approximate surface area is 170 Å². The first-order valence-corrected chi connectivity index (χ1v) is 9.59. The Morgan fingerprint density at radius 3 is 2.28 bits per heavy atom. The van der Waals surface area contributed by atoms with E-state index in [1.54, 1.807) is 24.3 Å². The molecule has 2 amide bonds. The van der Waals surface area contributed by atoms with Crippen LogP contribution in [-0.2, 0) is 15.0 Å². The molecule has 1 aliphatic heterocycles. The van der Waals surface area contributed by atoms with Crippen molar-refractivity contribution in [2.24, 2.45) is 0 Å². The molecule has 1 saturated heterocycles. The van der Waals surface area contributed by atoms with Crippen LogP contribution in [0.3, 0.4) is 0 Å². The quantitative estimate of drug-likeness (QED) is 0.586. The van der Waals surface area contributed by atoms with E-state index < -0.39 is 23.5 Å². The van der Waals surface area contributed by atoms with Crippen molar-refractivity contribution in [2.45, 2.75) is 38.6 Å². The zero-order valence-electron chi connectivity index (χ0n) is 17.1. The summed E-state index contributed by atoms with van der Waals surface area (Å²) in [6, 6.07) is 12.2. The van der Waals surface area contributed by atoms with Gasteiger partial charge in [0.1, 0.15) is 11.9 Å². The summed E-state index contributed by atoms with van der Waals surface area (Å²) in [5.74, 6) is -2.29. The smallest absolute Gasteiger partial charge is 0.295 e. The SMILES string of the molecule is CN(C(=O)C(=O)c1ccc(C(C)(C)C)cc1)C1CCN(c2ccccc2F)C1=O. The third-order valence-electron chi connectivity index (χ3n) is 5.32. The molecule has 0 radical (unpaired) electrons. The molecule has 1 atom stereocenters. The first-order valence-electron chi connectivity index (χ1n) is 9.59. The number of rotatable bonds is 4. The zero-order valence-corrected chi connectivity index (χ0v) is 17.1. The molecule has 1 fully saturated rings. The van der Waals surface area contributed by atoms with E-state index in [0.717, 1.165) is 5.56 Å². The second-order valence-electron chi connectivity index (χ2n) is 8.32. The van der Waals surface area contributed by atoms with Crippen molar-refractivity contribution in [3.63, 3.8) is 0 Å². The van der Waals surface area contributed by atoms with Crippen molar-refractivity contribution in [1.82, 2.24) is 4.90 Å². The summed E-state index contributed by atoms with van der Waals surface area (Å²) in [4.78, 5) is 40.6. The maximum atomic E-state index is 14.0. The molecule has 29 heavy (non-hydrogen) atoms. The highest BCUT2D eigenvalue weighted by Gasteiger charge is 2.39. The summed E-state index contributed by atoms with van der Waals surface area (Å²) < 4.78 is 14.0. The number of Topliss-reactive ketones (excluding diaryl/α,β-unsaturated/α-hetero) is 1. The van der Waals surface area contributed by atoms with Gasteiger partial charge < -0.3 is 9.80 Å². The van der Waals surface area contributed by atoms with Crippen LogP contribution in [0.5, 0.6) is 0 Å². The summed E-state index contributed by atoms with van der Waals surface area (Å²) in [5, 5.41) is 0. The molecule has 0 bridgehead atoms. The lowest BCUT2D eigenvalue weighted by Crippen LogP contribution is -2.45. The van der Waals surface area contributed by atoms with E-state index in [1.165, 1.54) is 29.0 Å². The average molecular weight is 396 g/mol. The van der Waals surface area contributed by atoms with E-state index in [1.807, 2.05) is 12.1 Å². The molecule has 2 aromatic rings. The number of amides is 2. The number of carbonyl (C=O) groups excluding carboxylic acids is 3. The number of hydrogen-bond donors (Lipinski definition) is 0. The zero-order chi connectivity index (χ0) is 21.3. The van der Waals surface area contributed by atoms with Crippen molar-refractivity contribution in [3.05, 3.63) is 65.5 Å². The second-order valence-corrected chi connectivity index (χ2v) is 8.32. The molecule has 1 unspecified atom stereocenters. The van der Waals surface area contributed by atoms with Gasteiger partial charge in [0.05, 0.1) is 5.69 Å². The Kier molecular flexibility index (Phi) is 5.55. The van der Waals surface area contributed by atoms with E-state index in [9.17, 15) is 18.8 Å². The Morgan fingerprint density at radius 2 is 1.69 bits per heavy atom. The van der Waals surface area contributed by atoms with Crippen molar-refractivity contribution < 1.29 is 18.8 Å². The van der Waals surface area contributed by atoms with Crippen LogP contribution in [0, 0.1) is 5.82 Å². The molecule has 0 saturated carbocycles. The van der Waals surface area contributed by atoms with Crippen LogP contribution < -0.4 is 4.90 Å². The van der Waals surface area contributed by atoms with Gasteiger partial charge in [0.15, 0.2) is 0 Å². The molecule has 5 nitrogen and oxygen atoms in total. The fourth-order valence-corrected chi connectivity index (χ4v) is 3.48. The Hall–Kier alpha value is -3.02. The number of ketones is 1. The van der Waals surface area contributed by atoms with Crippen LogP contribution in [0.25, 0.3) is 0 Å². The van der Waals surface area contributed by atoms with E-state index in [2.05, 4.69) is 20.8 Å². The number of anilines is 1. The maximum absolute atomic E-state index is 14.0. The summed E-state index contributed by atoms with van der Waals surface area (Å²) in [5.41, 5.74) is 1.46. The standard InChI is InChI=1S/C23H25FN2O3/c1-23(2,3)16-11-9-15(10-12-16)20(27)22(29)25(4)19-13-14-26(21(19)28)18-8-6-5-7-17(18)24/h5-12,19H,13-14H2,1-4H3. The van der Waals surface area contributed by atoms with Crippen LogP contribution in [0.4, 0.5) is 10.1 Å². The van der Waals surface area contributed by atoms with Crippen LogP contribution >= 0.6 is 0 Å². The average Bonchev–Trinajstić information content (AvgIpc) is 3.07. The normalized spacial score (nSPS) is 16.8. The molecule has 1 aliphatic rings. The van der Waals surface area contributed by atoms with Gasteiger partial charge in [-0.15, -0.1) is 0 Å². The molecular formula is C23H25FN2O3. The highest BCUT2D eigenvalue weighted by atomic mass is 19.1. The van der Waals surface area contributed by atoms with Crippen LogP contribution in [0.15, 0.2) is 48.5 Å². The molecule has 0 aromatic heterocycles. The van der Waals surface area contributed by atoms with Gasteiger partial charge in [-0.3, -0.25) is 14.4 Å². The summed E-state index contributed by atoms with van der Waals surface area (Å²) in [7, 11) is 1.44. The van der Waals surface area contributed by atoms with Crippen LogP contribution in [0.2, 0.25) is 0 Å². The minimum Gasteiger partial charge on any atom is -0.327 e. The minimum absolute atomic E-state index is 0.0607. The van der Waals surface area contributed by atoms with Crippen LogP contribution in [0.1, 0.15) is 43.1 Å². The van der Waals surface area contributed by atoms with Gasteiger partial charge in [0.25, 0.3) is 5.91 Å². The Morgan fingerprint density at radius 1 is 1.07 bits per heavy atom. The monoisotopic (exact) mass is 396 g/mol. The van der Waals surface area contributed by atoms with Gasteiger partial charge in [0.2, 0.25) is 11.7 Å². The molecule has 0 aliphatic carbocycles. The van der Waals surface area contributed by atoms with Gasteiger partial charge in [-0.1, -0.05) is 57.2 Å². The topological polar surface area (TPSA) is 57.7 Å². The number of benzene rings is 2. The fourth-order valence-electron chi connectivity index (χ4n) is 3.48. The van der Waals surface area contributed by atoms with Gasteiger partial charge in [0, 0.05) is 19.2 Å². The van der Waals surface area contributed by atoms with Crippen molar-refractivity contribution in [3.8, 4) is 0 Å². The van der Waals surface area contributed by atoms with E-state index in [0.29, 0.717) is 6.42 Å². The van der Waals surface area contributed by atoms with Gasteiger partial charge in [-0.25, -0.2) is 4.39 Å². The Balaban J connectivity index is 1.74. The number of carbonyl (C=O) groups is 3. The van der Waals surface area contributed by atoms with Gasteiger partial charge in [-0.05, 0) is 29.5 Å². The summed E-state index contributed by atoms with van der Waals surface area (Å²) in [6.45, 7) is 6.48. The predicted octanol–water partition coefficient (Wildman–Crippen LogP) is 3.57. The first kappa shape index (κ1) is 20.7. The molecular weight excluding hydrogens is 371 g/mol. The van der Waals surface area contributed by atoms with Gasteiger partial charge >= 0.3 is 0 Å². The van der Waals surface area contributed by atoms with Crippen molar-refractivity contribution in [1.29, 1.82) is 0 Å². The number of halogens is 1. The van der Waals surface area contributed by atoms with Crippen LogP contribution in [-0.4, -0.2) is 42.1 Å². The Bertz CT molecular complexity index is 947. The lowest BCUT2D eigenvalue weighted by Gasteiger charge is -2.24. The molecule has 0 N–H and O–H groups in total. The summed E-state index contributed by atoms with van der Waals surface area (Å²) in [6.07, 6.45) is 0.339. The number of nitrogens with zero attached hydrogens (tertiary/aromatic N) is 2. The maximum Gasteiger partial charge on any atom is 0.295 e. The molecule has 6 heteroatoms. The molecule has 2 aromatic carbocycles. The van der Waals surface area contributed by atoms with E-state index in [4.69, 9.17) is 0 Å². The molecule has 3 rings (SSSR count). The third kappa shape index (κ3) is 4.06. The third-order valence-corrected chi connectivity index (χ3v) is 5.32. The predicted molar refractivity (Wildman–Crippen MR) is 109 cm³/mol. The first-order chi connectivity index (χ1) is 13.6. The fraction of sp³-hybridized carbons (Fsp3) is 0.348. The largest absolute Gasteiger partial charge is 0.327 e. The lowest BCUT2D eigenvalue weighted by atomic mass is 9.86. The number of hydrogen-bond acceptors (Lipinski definition) is 3. The second kappa shape index (κ2) is 7.78. The van der Waals surface area contributed by atoms with E-state index >= 15 is 0 Å². The molecule has 152 valence electrons. The lowest BCUT2D eigenvalue weighted by molar-refractivity contribution is -0.133. The van der Waals surface area contributed by atoms with E-state index in [-0.39, 0.29) is 29.1 Å². The van der Waals surface area contributed by atoms with Crippen molar-refractivity contribution >= 4 is 23.3 Å². The highest BCUT2D eigenvalue weighted by Crippen LogP contribution is 2.27. The summed E-state index contributed by atoms with van der Waals surface area (Å²) >= 11 is 0. The highest BCUT2D eigenvalue weighted by molar-refractivity contribution is 6.43. The molecule has 0 spiro atoms. The number of para-hydroxylation sites is 1. The molecule has 1 heterocycles. The minimum atomic E-state index is -0.792. The van der Waals surface area contributed by atoms with Crippen molar-refractivity contribution in [2.75, 3.05) is 18.5 Å². The van der Waals surface area contributed by atoms with Gasteiger partial charge in [-0.2, -0.15) is 0 Å².